The van der Waals surface area contributed by atoms with Crippen LogP contribution in [-0.4, -0.2) is 45.5 Å². The van der Waals surface area contributed by atoms with Gasteiger partial charge in [-0.2, -0.15) is 10.5 Å². The largest absolute Gasteiger partial charge is 0.494 e. The molecular formula is C44H36B2N4O6S2. The van der Waals surface area contributed by atoms with E-state index in [4.69, 9.17) is 39.4 Å². The standard InChI is InChI=1S/C25H23BN2O3S.C19H13BN2O3S/c1-24(2)25(3,4)31-26(30-24)18-8-5-16(6-9-18)15-29-19-10-11-20-17(13-19)7-12-21-23(20)32-22(14-27)28-21;21-10-18-22-17-8-3-13-9-15(6-7-16(13)19(17)26-18)25-11-12-1-4-14(5-2-12)20(23)24/h5-13H,15H2,1-4H3;1-9,23-24H,11H2. The van der Waals surface area contributed by atoms with Crippen molar-refractivity contribution in [2.45, 2.75) is 52.1 Å². The lowest BCUT2D eigenvalue weighted by molar-refractivity contribution is 0.00578. The third kappa shape index (κ3) is 8.00. The Morgan fingerprint density at radius 3 is 1.52 bits per heavy atom. The molecule has 1 fully saturated rings. The lowest BCUT2D eigenvalue weighted by Crippen LogP contribution is -2.41. The molecule has 0 amide bonds. The molecule has 0 atom stereocenters. The summed E-state index contributed by atoms with van der Waals surface area (Å²) in [5, 5.41) is 41.6. The normalized spacial score (nSPS) is 14.2. The smallest absolute Gasteiger partial charge is 0.489 e. The van der Waals surface area contributed by atoms with Gasteiger partial charge in [-0.25, -0.2) is 9.97 Å². The van der Waals surface area contributed by atoms with Gasteiger partial charge in [0.15, 0.2) is 10.0 Å². The van der Waals surface area contributed by atoms with Gasteiger partial charge in [0.2, 0.25) is 0 Å². The molecule has 8 aromatic rings. The fraction of sp³-hybridized carbons (Fsp3) is 0.182. The summed E-state index contributed by atoms with van der Waals surface area (Å²) in [7, 11) is -1.82. The molecule has 0 aliphatic carbocycles. The van der Waals surface area contributed by atoms with E-state index in [1.54, 1.807) is 24.3 Å². The molecule has 58 heavy (non-hydrogen) atoms. The van der Waals surface area contributed by atoms with Gasteiger partial charge in [0.1, 0.15) is 36.9 Å². The first kappa shape index (κ1) is 39.0. The van der Waals surface area contributed by atoms with Crippen molar-refractivity contribution in [3.63, 3.8) is 0 Å². The van der Waals surface area contributed by atoms with Crippen molar-refractivity contribution in [2.24, 2.45) is 0 Å². The minimum atomic E-state index is -1.46. The Bertz CT molecular complexity index is 2870. The summed E-state index contributed by atoms with van der Waals surface area (Å²) < 4.78 is 26.2. The van der Waals surface area contributed by atoms with E-state index in [1.165, 1.54) is 22.7 Å². The highest BCUT2D eigenvalue weighted by Gasteiger charge is 2.51. The number of nitriles is 2. The molecule has 14 heteroatoms. The van der Waals surface area contributed by atoms with E-state index >= 15 is 0 Å². The molecule has 1 saturated heterocycles. The highest BCUT2D eigenvalue weighted by atomic mass is 32.1. The Labute approximate surface area is 343 Å². The molecule has 0 radical (unpaired) electrons. The highest BCUT2D eigenvalue weighted by molar-refractivity contribution is 7.20. The molecule has 0 unspecified atom stereocenters. The maximum absolute atomic E-state index is 9.12. The average Bonchev–Trinajstić information content (AvgIpc) is 3.92. The highest BCUT2D eigenvalue weighted by Crippen LogP contribution is 2.37. The van der Waals surface area contributed by atoms with Crippen LogP contribution in [0.3, 0.4) is 0 Å². The second kappa shape index (κ2) is 15.8. The predicted octanol–water partition coefficient (Wildman–Crippen LogP) is 7.78. The topological polar surface area (TPSA) is 151 Å². The quantitative estimate of drug-likeness (QED) is 0.146. The molecule has 9 rings (SSSR count). The van der Waals surface area contributed by atoms with E-state index in [0.717, 1.165) is 70.1 Å². The van der Waals surface area contributed by atoms with Crippen molar-refractivity contribution >= 4 is 89.8 Å². The van der Waals surface area contributed by atoms with E-state index in [9.17, 15) is 0 Å². The number of hydrogen-bond donors (Lipinski definition) is 2. The van der Waals surface area contributed by atoms with Gasteiger partial charge >= 0.3 is 14.2 Å². The third-order valence-electron chi connectivity index (χ3n) is 10.5. The molecule has 0 saturated carbocycles. The van der Waals surface area contributed by atoms with Gasteiger partial charge in [-0.1, -0.05) is 60.7 Å². The van der Waals surface area contributed by atoms with Crippen LogP contribution in [0, 0.1) is 22.7 Å². The second-order valence-corrected chi connectivity index (χ2v) is 16.9. The number of benzene rings is 6. The number of hydrogen-bond acceptors (Lipinski definition) is 12. The van der Waals surface area contributed by atoms with E-state index < -0.39 is 7.12 Å². The Balaban J connectivity index is 0.000000165. The zero-order chi connectivity index (χ0) is 40.6. The fourth-order valence-electron chi connectivity index (χ4n) is 6.53. The molecule has 3 heterocycles. The molecule has 0 bridgehead atoms. The Hall–Kier alpha value is -5.83. The van der Waals surface area contributed by atoms with Crippen LogP contribution in [0.25, 0.3) is 42.0 Å². The zero-order valence-electron chi connectivity index (χ0n) is 32.1. The molecular weight excluding hydrogens is 766 g/mol. The van der Waals surface area contributed by atoms with Crippen molar-refractivity contribution in [1.29, 1.82) is 10.5 Å². The fourth-order valence-corrected chi connectivity index (χ4v) is 8.32. The first-order valence-corrected chi connectivity index (χ1v) is 20.1. The number of nitrogens with zero attached hydrogens (tertiary/aromatic N) is 4. The number of fused-ring (bicyclic) bond motifs is 6. The van der Waals surface area contributed by atoms with Gasteiger partial charge in [0, 0.05) is 10.8 Å². The van der Waals surface area contributed by atoms with Gasteiger partial charge in [-0.3, -0.25) is 0 Å². The number of ether oxygens (including phenoxy) is 2. The van der Waals surface area contributed by atoms with Gasteiger partial charge in [-0.15, -0.1) is 22.7 Å². The van der Waals surface area contributed by atoms with E-state index in [2.05, 4.69) is 49.8 Å². The van der Waals surface area contributed by atoms with Crippen LogP contribution in [0.2, 0.25) is 0 Å². The number of rotatable bonds is 8. The maximum Gasteiger partial charge on any atom is 0.494 e. The zero-order valence-corrected chi connectivity index (χ0v) is 33.7. The predicted molar refractivity (Wildman–Crippen MR) is 231 cm³/mol. The maximum atomic E-state index is 9.12. The summed E-state index contributed by atoms with van der Waals surface area (Å²) in [6.07, 6.45) is 0. The Kier molecular flexibility index (Phi) is 10.7. The number of aromatic nitrogens is 2. The first-order valence-electron chi connectivity index (χ1n) is 18.5. The first-order chi connectivity index (χ1) is 27.9. The molecule has 10 nitrogen and oxygen atoms in total. The molecule has 2 aromatic heterocycles. The average molecular weight is 803 g/mol. The monoisotopic (exact) mass is 802 g/mol. The molecule has 286 valence electrons. The molecule has 0 spiro atoms. The number of thiazole rings is 2. The second-order valence-electron chi connectivity index (χ2n) is 14.9. The summed E-state index contributed by atoms with van der Waals surface area (Å²) in [5.41, 5.74) is 4.45. The van der Waals surface area contributed by atoms with Gasteiger partial charge < -0.3 is 28.8 Å². The van der Waals surface area contributed by atoms with E-state index in [0.29, 0.717) is 28.7 Å². The third-order valence-corrected chi connectivity index (χ3v) is 12.5. The minimum absolute atomic E-state index is 0.351. The van der Waals surface area contributed by atoms with E-state index in [-0.39, 0.29) is 18.3 Å². The van der Waals surface area contributed by atoms with Gasteiger partial charge in [0.25, 0.3) is 0 Å². The summed E-state index contributed by atoms with van der Waals surface area (Å²) in [6.45, 7) is 9.08. The molecule has 6 aromatic carbocycles. The van der Waals surface area contributed by atoms with Crippen LogP contribution in [0.5, 0.6) is 11.5 Å². The summed E-state index contributed by atoms with van der Waals surface area (Å²) in [4.78, 5) is 8.63. The van der Waals surface area contributed by atoms with Crippen molar-refractivity contribution in [1.82, 2.24) is 9.97 Å². The van der Waals surface area contributed by atoms with Crippen LogP contribution in [-0.2, 0) is 22.5 Å². The summed E-state index contributed by atoms with van der Waals surface area (Å²) >= 11 is 2.81. The molecule has 1 aliphatic heterocycles. The van der Waals surface area contributed by atoms with Crippen LogP contribution >= 0.6 is 22.7 Å². The Morgan fingerprint density at radius 2 is 1.09 bits per heavy atom. The van der Waals surface area contributed by atoms with E-state index in [1.807, 2.05) is 84.9 Å². The SMILES string of the molecule is CC1(C)OB(c2ccc(COc3ccc4c(ccc5nc(C#N)sc54)c3)cc2)OC1(C)C.N#Cc1nc2ccc3cc(OCc4ccc(B(O)O)cc4)ccc3c2s1. The van der Waals surface area contributed by atoms with Crippen molar-refractivity contribution < 1.29 is 28.8 Å². The Morgan fingerprint density at radius 1 is 0.638 bits per heavy atom. The molecule has 2 N–H and O–H groups in total. The molecule has 1 aliphatic rings. The van der Waals surface area contributed by atoms with Crippen molar-refractivity contribution in [2.75, 3.05) is 0 Å². The van der Waals surface area contributed by atoms with Crippen LogP contribution < -0.4 is 20.4 Å². The van der Waals surface area contributed by atoms with Crippen molar-refractivity contribution in [3.8, 4) is 23.6 Å². The summed E-state index contributed by atoms with van der Waals surface area (Å²) in [6, 6.07) is 39.1. The summed E-state index contributed by atoms with van der Waals surface area (Å²) in [5.74, 6) is 1.55. The van der Waals surface area contributed by atoms with Gasteiger partial charge in [0.05, 0.1) is 31.6 Å². The van der Waals surface area contributed by atoms with Gasteiger partial charge in [-0.05, 0) is 109 Å². The minimum Gasteiger partial charge on any atom is -0.489 e. The van der Waals surface area contributed by atoms with Crippen LogP contribution in [0.1, 0.15) is 48.8 Å². The lowest BCUT2D eigenvalue weighted by atomic mass is 9.79. The van der Waals surface area contributed by atoms with Crippen LogP contribution in [0.4, 0.5) is 0 Å². The van der Waals surface area contributed by atoms with Crippen LogP contribution in [0.15, 0.2) is 109 Å². The lowest BCUT2D eigenvalue weighted by Gasteiger charge is -2.32. The van der Waals surface area contributed by atoms with Crippen molar-refractivity contribution in [3.05, 3.63) is 130 Å².